The number of hydrogen-bond acceptors (Lipinski definition) is 2. The minimum absolute atomic E-state index is 0.0744. The van der Waals surface area contributed by atoms with Crippen molar-refractivity contribution >= 4 is 23.0 Å². The Bertz CT molecular complexity index is 1150. The van der Waals surface area contributed by atoms with Gasteiger partial charge in [0.15, 0.2) is 5.78 Å². The fourth-order valence-corrected chi connectivity index (χ4v) is 4.09. The molecule has 1 aliphatic rings. The van der Waals surface area contributed by atoms with Crippen molar-refractivity contribution in [3.8, 4) is 11.1 Å². The smallest absolute Gasteiger partial charge is 0.299 e. The van der Waals surface area contributed by atoms with E-state index in [4.69, 9.17) is 11.6 Å². The summed E-state index contributed by atoms with van der Waals surface area (Å²) in [6.45, 7) is 1.95. The van der Waals surface area contributed by atoms with Crippen LogP contribution in [0.2, 0.25) is 5.02 Å². The molecule has 3 aromatic rings. The van der Waals surface area contributed by atoms with E-state index >= 15 is 0 Å². The van der Waals surface area contributed by atoms with Gasteiger partial charge in [0.25, 0.3) is 0 Å². The summed E-state index contributed by atoms with van der Waals surface area (Å²) in [5.41, 5.74) is 3.63. The van der Waals surface area contributed by atoms with Crippen molar-refractivity contribution in [2.45, 2.75) is 19.0 Å². The maximum absolute atomic E-state index is 13.0. The molecule has 0 bridgehead atoms. The highest BCUT2D eigenvalue weighted by molar-refractivity contribution is 6.30. The number of carbonyl (C=O) groups excluding carboxylic acids is 1. The molecule has 0 fully saturated rings. The summed E-state index contributed by atoms with van der Waals surface area (Å²) in [6, 6.07) is 20.6. The second kappa shape index (κ2) is 9.94. The monoisotopic (exact) mass is 469 g/mol. The van der Waals surface area contributed by atoms with Crippen molar-refractivity contribution in [1.82, 2.24) is 4.90 Å². The molecule has 0 saturated heterocycles. The molecule has 2 nitrogen and oxygen atoms in total. The molecule has 0 N–H and O–H groups in total. The highest BCUT2D eigenvalue weighted by Gasteiger charge is 2.30. The number of benzene rings is 3. The first-order valence-electron chi connectivity index (χ1n) is 10.8. The maximum atomic E-state index is 13.0. The average Bonchev–Trinajstić information content (AvgIpc) is 2.83. The molecule has 170 valence electrons. The average molecular weight is 470 g/mol. The van der Waals surface area contributed by atoms with Crippen LogP contribution in [-0.2, 0) is 6.18 Å². The lowest BCUT2D eigenvalue weighted by Gasteiger charge is -2.26. The molecule has 0 spiro atoms. The van der Waals surface area contributed by atoms with Crippen LogP contribution in [-0.4, -0.2) is 30.3 Å². The predicted molar refractivity (Wildman–Crippen MR) is 126 cm³/mol. The number of carbonyl (C=O) groups is 1. The Kier molecular flexibility index (Phi) is 7.01. The Morgan fingerprint density at radius 3 is 2.18 bits per heavy atom. The third kappa shape index (κ3) is 5.92. The van der Waals surface area contributed by atoms with Crippen LogP contribution in [0.4, 0.5) is 13.2 Å². The van der Waals surface area contributed by atoms with E-state index in [9.17, 15) is 18.0 Å². The number of rotatable bonds is 6. The first-order chi connectivity index (χ1) is 15.8. The van der Waals surface area contributed by atoms with Crippen LogP contribution < -0.4 is 0 Å². The van der Waals surface area contributed by atoms with Gasteiger partial charge in [0, 0.05) is 36.6 Å². The molecule has 0 atom stereocenters. The molecular formula is C27H23ClF3NO. The van der Waals surface area contributed by atoms with Gasteiger partial charge in [-0.2, -0.15) is 13.2 Å². The van der Waals surface area contributed by atoms with E-state index in [0.29, 0.717) is 48.6 Å². The van der Waals surface area contributed by atoms with Crippen molar-refractivity contribution in [1.29, 1.82) is 0 Å². The van der Waals surface area contributed by atoms with Crippen LogP contribution >= 0.6 is 11.6 Å². The Hall–Kier alpha value is -2.89. The third-order valence-electron chi connectivity index (χ3n) is 5.89. The molecule has 0 amide bonds. The molecule has 0 saturated carbocycles. The Balaban J connectivity index is 1.32. The minimum atomic E-state index is -4.34. The highest BCUT2D eigenvalue weighted by atomic mass is 35.5. The maximum Gasteiger partial charge on any atom is 0.416 e. The van der Waals surface area contributed by atoms with Gasteiger partial charge in [-0.3, -0.25) is 9.69 Å². The van der Waals surface area contributed by atoms with Gasteiger partial charge in [-0.1, -0.05) is 66.2 Å². The van der Waals surface area contributed by atoms with Gasteiger partial charge in [-0.15, -0.1) is 0 Å². The lowest BCUT2D eigenvalue weighted by atomic mass is 9.97. The van der Waals surface area contributed by atoms with E-state index in [1.807, 2.05) is 54.6 Å². The standard InChI is InChI=1S/C27H23ClF3NO/c28-25-10-8-20(9-11-25)19-4-6-22(7-5-19)26(33)14-17-32-15-12-21(13-16-32)23-2-1-3-24(18-23)27(29,30)31/h1-12,18H,13-17H2. The summed E-state index contributed by atoms with van der Waals surface area (Å²) >= 11 is 5.93. The summed E-state index contributed by atoms with van der Waals surface area (Å²) in [4.78, 5) is 14.8. The number of hydrogen-bond donors (Lipinski definition) is 0. The van der Waals surface area contributed by atoms with Gasteiger partial charge in [0.05, 0.1) is 5.56 Å². The molecule has 33 heavy (non-hydrogen) atoms. The first kappa shape index (κ1) is 23.3. The number of nitrogens with zero attached hydrogens (tertiary/aromatic N) is 1. The summed E-state index contributed by atoms with van der Waals surface area (Å²) in [5, 5.41) is 0.681. The first-order valence-corrected chi connectivity index (χ1v) is 11.2. The molecule has 0 radical (unpaired) electrons. The second-order valence-corrected chi connectivity index (χ2v) is 8.55. The van der Waals surface area contributed by atoms with E-state index in [0.717, 1.165) is 22.8 Å². The van der Waals surface area contributed by atoms with Crippen LogP contribution in [0, 0.1) is 0 Å². The zero-order chi connectivity index (χ0) is 23.4. The third-order valence-corrected chi connectivity index (χ3v) is 6.15. The van der Waals surface area contributed by atoms with Gasteiger partial charge in [-0.25, -0.2) is 0 Å². The van der Waals surface area contributed by atoms with Gasteiger partial charge in [0.2, 0.25) is 0 Å². The summed E-state index contributed by atoms with van der Waals surface area (Å²) in [6.07, 6.45) is -1.33. The largest absolute Gasteiger partial charge is 0.416 e. The fraction of sp³-hybridized carbons (Fsp3) is 0.222. The second-order valence-electron chi connectivity index (χ2n) is 8.12. The molecular weight excluding hydrogens is 447 g/mol. The van der Waals surface area contributed by atoms with Crippen molar-refractivity contribution in [3.05, 3.63) is 101 Å². The van der Waals surface area contributed by atoms with E-state index in [1.54, 1.807) is 6.07 Å². The van der Waals surface area contributed by atoms with Crippen molar-refractivity contribution in [3.63, 3.8) is 0 Å². The molecule has 0 aromatic heterocycles. The van der Waals surface area contributed by atoms with E-state index < -0.39 is 11.7 Å². The lowest BCUT2D eigenvalue weighted by molar-refractivity contribution is -0.137. The molecule has 1 aliphatic heterocycles. The highest BCUT2D eigenvalue weighted by Crippen LogP contribution is 2.32. The van der Waals surface area contributed by atoms with Gasteiger partial charge in [-0.05, 0) is 52.9 Å². The van der Waals surface area contributed by atoms with E-state index in [1.165, 1.54) is 12.1 Å². The lowest BCUT2D eigenvalue weighted by Crippen LogP contribution is -2.30. The Labute approximate surface area is 196 Å². The molecule has 1 heterocycles. The quantitative estimate of drug-likeness (QED) is 0.351. The minimum Gasteiger partial charge on any atom is -0.299 e. The van der Waals surface area contributed by atoms with E-state index in [-0.39, 0.29) is 5.78 Å². The zero-order valence-corrected chi connectivity index (χ0v) is 18.7. The summed E-state index contributed by atoms with van der Waals surface area (Å²) in [7, 11) is 0. The number of Topliss-reactive ketones (excluding diaryl/α,β-unsaturated/α-hetero) is 1. The fourth-order valence-electron chi connectivity index (χ4n) is 3.97. The molecule has 0 aliphatic carbocycles. The summed E-state index contributed by atoms with van der Waals surface area (Å²) < 4.78 is 38.9. The van der Waals surface area contributed by atoms with Gasteiger partial charge >= 0.3 is 6.18 Å². The molecule has 4 rings (SSSR count). The van der Waals surface area contributed by atoms with Gasteiger partial charge < -0.3 is 0 Å². The van der Waals surface area contributed by atoms with E-state index in [2.05, 4.69) is 4.90 Å². The normalized spacial score (nSPS) is 14.7. The van der Waals surface area contributed by atoms with Crippen LogP contribution in [0.1, 0.15) is 34.3 Å². The van der Waals surface area contributed by atoms with Crippen LogP contribution in [0.25, 0.3) is 16.7 Å². The number of alkyl halides is 3. The van der Waals surface area contributed by atoms with Crippen LogP contribution in [0.3, 0.4) is 0 Å². The van der Waals surface area contributed by atoms with Crippen molar-refractivity contribution in [2.75, 3.05) is 19.6 Å². The predicted octanol–water partition coefficient (Wildman–Crippen LogP) is 7.39. The van der Waals surface area contributed by atoms with Crippen molar-refractivity contribution < 1.29 is 18.0 Å². The Morgan fingerprint density at radius 2 is 1.58 bits per heavy atom. The van der Waals surface area contributed by atoms with Gasteiger partial charge in [0.1, 0.15) is 0 Å². The summed E-state index contributed by atoms with van der Waals surface area (Å²) in [5.74, 6) is 0.0744. The SMILES string of the molecule is O=C(CCN1CC=C(c2cccc(C(F)(F)F)c2)CC1)c1ccc(-c2ccc(Cl)cc2)cc1. The van der Waals surface area contributed by atoms with Crippen LogP contribution in [0.15, 0.2) is 78.9 Å². The number of halogens is 4. The van der Waals surface area contributed by atoms with Crippen LogP contribution in [0.5, 0.6) is 0 Å². The molecule has 0 unspecified atom stereocenters. The zero-order valence-electron chi connectivity index (χ0n) is 17.9. The topological polar surface area (TPSA) is 20.3 Å². The molecule has 6 heteroatoms. The number of ketones is 1. The Morgan fingerprint density at radius 1 is 0.909 bits per heavy atom. The molecule has 3 aromatic carbocycles. The van der Waals surface area contributed by atoms with Crippen molar-refractivity contribution in [2.24, 2.45) is 0 Å².